The second-order valence-electron chi connectivity index (χ2n) is 4.57. The van der Waals surface area contributed by atoms with Crippen LogP contribution in [0.2, 0.25) is 0 Å². The summed E-state index contributed by atoms with van der Waals surface area (Å²) >= 11 is 0. The molecule has 0 saturated heterocycles. The first-order chi connectivity index (χ1) is 7.48. The third-order valence-corrected chi connectivity index (χ3v) is 3.11. The van der Waals surface area contributed by atoms with Gasteiger partial charge in [0, 0.05) is 18.5 Å². The van der Waals surface area contributed by atoms with E-state index in [9.17, 15) is 13.2 Å². The van der Waals surface area contributed by atoms with E-state index in [1.54, 1.807) is 0 Å². The summed E-state index contributed by atoms with van der Waals surface area (Å²) in [7, 11) is 0. The summed E-state index contributed by atoms with van der Waals surface area (Å²) in [5.74, 6) is -1.32. The van der Waals surface area contributed by atoms with Crippen LogP contribution in [0.25, 0.3) is 0 Å². The highest BCUT2D eigenvalue weighted by atomic mass is 19.1. The fourth-order valence-electron chi connectivity index (χ4n) is 2.29. The molecule has 4 heteroatoms. The van der Waals surface area contributed by atoms with Gasteiger partial charge in [-0.2, -0.15) is 0 Å². The lowest BCUT2D eigenvalue weighted by Gasteiger charge is -2.19. The number of rotatable bonds is 2. The van der Waals surface area contributed by atoms with Crippen molar-refractivity contribution in [2.24, 2.45) is 5.73 Å². The topological polar surface area (TPSA) is 26.0 Å². The lowest BCUT2D eigenvalue weighted by atomic mass is 9.94. The van der Waals surface area contributed by atoms with Crippen LogP contribution in [0.1, 0.15) is 24.8 Å². The van der Waals surface area contributed by atoms with Gasteiger partial charge in [-0.3, -0.25) is 0 Å². The Morgan fingerprint density at radius 3 is 2.69 bits per heavy atom. The van der Waals surface area contributed by atoms with Gasteiger partial charge in [-0.25, -0.2) is 13.2 Å². The highest BCUT2D eigenvalue weighted by Crippen LogP contribution is 2.36. The van der Waals surface area contributed by atoms with E-state index in [1.807, 2.05) is 0 Å². The van der Waals surface area contributed by atoms with Crippen molar-refractivity contribution in [2.45, 2.75) is 37.4 Å². The lowest BCUT2D eigenvalue weighted by molar-refractivity contribution is 0.169. The van der Waals surface area contributed by atoms with Crippen LogP contribution in [-0.4, -0.2) is 11.7 Å². The maximum atomic E-state index is 14.2. The summed E-state index contributed by atoms with van der Waals surface area (Å²) in [6, 6.07) is 3.09. The zero-order chi connectivity index (χ0) is 11.8. The van der Waals surface area contributed by atoms with E-state index < -0.39 is 17.3 Å². The lowest BCUT2D eigenvalue weighted by Crippen LogP contribution is -2.26. The molecule has 1 saturated carbocycles. The summed E-state index contributed by atoms with van der Waals surface area (Å²) in [4.78, 5) is 0. The molecule has 0 amide bonds. The Balaban J connectivity index is 2.14. The summed E-state index contributed by atoms with van der Waals surface area (Å²) < 4.78 is 40.2. The molecule has 1 fully saturated rings. The minimum absolute atomic E-state index is 0.0210. The molecule has 2 atom stereocenters. The number of hydrogen-bond donors (Lipinski definition) is 1. The van der Waals surface area contributed by atoms with Gasteiger partial charge in [0.05, 0.1) is 0 Å². The average molecular weight is 229 g/mol. The van der Waals surface area contributed by atoms with Crippen molar-refractivity contribution < 1.29 is 13.2 Å². The number of nitrogens with two attached hydrogens (primary N) is 1. The van der Waals surface area contributed by atoms with E-state index in [0.717, 1.165) is 12.1 Å². The Kier molecular flexibility index (Phi) is 2.93. The van der Waals surface area contributed by atoms with Gasteiger partial charge in [0.2, 0.25) is 0 Å². The quantitative estimate of drug-likeness (QED) is 0.829. The van der Waals surface area contributed by atoms with Gasteiger partial charge < -0.3 is 5.73 Å². The van der Waals surface area contributed by atoms with Crippen molar-refractivity contribution in [2.75, 3.05) is 0 Å². The first-order valence-corrected chi connectivity index (χ1v) is 5.37. The molecule has 16 heavy (non-hydrogen) atoms. The summed E-state index contributed by atoms with van der Waals surface area (Å²) in [6.45, 7) is 0. The number of hydrogen-bond acceptors (Lipinski definition) is 1. The van der Waals surface area contributed by atoms with Crippen LogP contribution in [0, 0.1) is 11.6 Å². The van der Waals surface area contributed by atoms with E-state index >= 15 is 0 Å². The molecule has 0 aromatic heterocycles. The second kappa shape index (κ2) is 4.09. The van der Waals surface area contributed by atoms with Crippen LogP contribution in [0.5, 0.6) is 0 Å². The largest absolute Gasteiger partial charge is 0.328 e. The molecule has 2 rings (SSSR count). The average Bonchev–Trinajstić information content (AvgIpc) is 2.52. The van der Waals surface area contributed by atoms with Gasteiger partial charge in [0.1, 0.15) is 17.3 Å². The molecule has 1 aliphatic rings. The van der Waals surface area contributed by atoms with Gasteiger partial charge in [0.15, 0.2) is 0 Å². The summed E-state index contributed by atoms with van der Waals surface area (Å²) in [5.41, 5.74) is 4.42. The third-order valence-electron chi connectivity index (χ3n) is 3.11. The number of alkyl halides is 1. The molecule has 0 spiro atoms. The highest BCUT2D eigenvalue weighted by molar-refractivity contribution is 5.21. The van der Waals surface area contributed by atoms with E-state index in [4.69, 9.17) is 5.73 Å². The Labute approximate surface area is 92.5 Å². The fourth-order valence-corrected chi connectivity index (χ4v) is 2.29. The highest BCUT2D eigenvalue weighted by Gasteiger charge is 2.38. The van der Waals surface area contributed by atoms with Crippen molar-refractivity contribution in [1.29, 1.82) is 0 Å². The van der Waals surface area contributed by atoms with Gasteiger partial charge in [-0.05, 0) is 30.9 Å². The Bertz CT molecular complexity index is 394. The summed E-state index contributed by atoms with van der Waals surface area (Å²) in [5, 5.41) is 0. The molecule has 1 aromatic rings. The molecular formula is C12H14F3N. The van der Waals surface area contributed by atoms with E-state index in [-0.39, 0.29) is 24.4 Å². The van der Waals surface area contributed by atoms with Crippen molar-refractivity contribution in [3.63, 3.8) is 0 Å². The predicted molar refractivity (Wildman–Crippen MR) is 55.7 cm³/mol. The predicted octanol–water partition coefficient (Wildman–Crippen LogP) is 2.73. The van der Waals surface area contributed by atoms with E-state index in [1.165, 1.54) is 6.07 Å². The zero-order valence-electron chi connectivity index (χ0n) is 8.85. The molecule has 1 aliphatic carbocycles. The minimum atomic E-state index is -1.43. The second-order valence-corrected chi connectivity index (χ2v) is 4.57. The van der Waals surface area contributed by atoms with Gasteiger partial charge in [-0.1, -0.05) is 6.07 Å². The van der Waals surface area contributed by atoms with E-state index in [2.05, 4.69) is 0 Å². The molecule has 0 aliphatic heterocycles. The molecule has 1 aromatic carbocycles. The van der Waals surface area contributed by atoms with Crippen molar-refractivity contribution in [1.82, 2.24) is 0 Å². The SMILES string of the molecule is NC1CCC(F)(Cc2ccc(F)cc2F)C1. The van der Waals surface area contributed by atoms with Crippen LogP contribution in [0.4, 0.5) is 13.2 Å². The fraction of sp³-hybridized carbons (Fsp3) is 0.500. The van der Waals surface area contributed by atoms with Crippen LogP contribution in [0.15, 0.2) is 18.2 Å². The summed E-state index contributed by atoms with van der Waals surface area (Å²) in [6.07, 6.45) is 1.21. The molecule has 88 valence electrons. The normalized spacial score (nSPS) is 29.6. The van der Waals surface area contributed by atoms with Crippen LogP contribution in [0.3, 0.4) is 0 Å². The molecule has 1 nitrogen and oxygen atoms in total. The van der Waals surface area contributed by atoms with Gasteiger partial charge >= 0.3 is 0 Å². The molecule has 0 radical (unpaired) electrons. The Hall–Kier alpha value is -1.03. The van der Waals surface area contributed by atoms with Crippen LogP contribution >= 0.6 is 0 Å². The maximum absolute atomic E-state index is 14.2. The maximum Gasteiger partial charge on any atom is 0.129 e. The third kappa shape index (κ3) is 2.38. The number of halogens is 3. The van der Waals surface area contributed by atoms with Crippen molar-refractivity contribution in [3.05, 3.63) is 35.4 Å². The first-order valence-electron chi connectivity index (χ1n) is 5.37. The van der Waals surface area contributed by atoms with E-state index in [0.29, 0.717) is 12.8 Å². The molecular weight excluding hydrogens is 215 g/mol. The van der Waals surface area contributed by atoms with Gasteiger partial charge in [-0.15, -0.1) is 0 Å². The smallest absolute Gasteiger partial charge is 0.129 e. The molecule has 2 N–H and O–H groups in total. The standard InChI is InChI=1S/C12H14F3N/c13-9-2-1-8(11(14)5-9)6-12(15)4-3-10(16)7-12/h1-2,5,10H,3-4,6-7,16H2. The monoisotopic (exact) mass is 229 g/mol. The Morgan fingerprint density at radius 1 is 1.38 bits per heavy atom. The molecule has 0 bridgehead atoms. The van der Waals surface area contributed by atoms with Crippen molar-refractivity contribution in [3.8, 4) is 0 Å². The molecule has 0 heterocycles. The molecule has 2 unspecified atom stereocenters. The Morgan fingerprint density at radius 2 is 2.12 bits per heavy atom. The minimum Gasteiger partial charge on any atom is -0.328 e. The van der Waals surface area contributed by atoms with Crippen LogP contribution in [-0.2, 0) is 6.42 Å². The van der Waals surface area contributed by atoms with Crippen molar-refractivity contribution >= 4 is 0 Å². The first kappa shape index (κ1) is 11.5. The van der Waals surface area contributed by atoms with Gasteiger partial charge in [0.25, 0.3) is 0 Å². The zero-order valence-corrected chi connectivity index (χ0v) is 8.85. The number of benzene rings is 1. The van der Waals surface area contributed by atoms with Crippen LogP contribution < -0.4 is 5.73 Å².